The number of aliphatic carboxylic acids is 1. The van der Waals surface area contributed by atoms with Crippen LogP contribution in [0.25, 0.3) is 0 Å². The molecule has 0 aliphatic heterocycles. The Kier molecular flexibility index (Phi) is 8.28. The Morgan fingerprint density at radius 1 is 1.12 bits per heavy atom. The third-order valence-electron chi connectivity index (χ3n) is 3.20. The fourth-order valence-electron chi connectivity index (χ4n) is 1.92. The summed E-state index contributed by atoms with van der Waals surface area (Å²) < 4.78 is 5.04. The number of alkyl carbamates (subject to hydrolysis) is 1. The molecular weight excluding hydrogens is 316 g/mol. The average molecular weight is 338 g/mol. The third kappa shape index (κ3) is 6.66. The quantitative estimate of drug-likeness (QED) is 0.524. The van der Waals surface area contributed by atoms with Crippen molar-refractivity contribution in [3.8, 4) is 0 Å². The average Bonchev–Trinajstić information content (AvgIpc) is 2.57. The zero-order valence-corrected chi connectivity index (χ0v) is 13.4. The highest BCUT2D eigenvalue weighted by atomic mass is 16.5. The summed E-state index contributed by atoms with van der Waals surface area (Å²) in [5.41, 5.74) is 0.801. The van der Waals surface area contributed by atoms with Crippen LogP contribution < -0.4 is 10.6 Å². The maximum Gasteiger partial charge on any atom is 0.408 e. The predicted octanol–water partition coefficient (Wildman–Crippen LogP) is 0.643. The van der Waals surface area contributed by atoms with Crippen molar-refractivity contribution in [3.63, 3.8) is 0 Å². The molecule has 0 radical (unpaired) electrons. The Morgan fingerprint density at radius 3 is 2.33 bits per heavy atom. The van der Waals surface area contributed by atoms with E-state index in [-0.39, 0.29) is 6.61 Å². The van der Waals surface area contributed by atoms with E-state index in [4.69, 9.17) is 14.9 Å². The lowest BCUT2D eigenvalue weighted by Crippen LogP contribution is -2.52. The first-order valence-electron chi connectivity index (χ1n) is 7.59. The molecule has 0 aromatic heterocycles. The molecule has 0 bridgehead atoms. The number of rotatable bonds is 9. The molecule has 0 heterocycles. The van der Waals surface area contributed by atoms with E-state index in [0.717, 1.165) is 5.56 Å². The van der Waals surface area contributed by atoms with Crippen molar-refractivity contribution >= 4 is 18.0 Å². The predicted molar refractivity (Wildman–Crippen MR) is 85.1 cm³/mol. The second kappa shape index (κ2) is 10.2. The SMILES string of the molecule is CCC[C@H](NC(=O)OCc1ccccc1)C(=O)N[C@H](CO)C(=O)O. The standard InChI is InChI=1S/C16H22N2O6/c1-2-6-12(14(20)17-13(9-19)15(21)22)18-16(23)24-10-11-7-4-3-5-8-11/h3-5,7-8,12-13,19H,2,6,9-10H2,1H3,(H,17,20)(H,18,23)(H,21,22)/t12-,13+/m0/s1. The summed E-state index contributed by atoms with van der Waals surface area (Å²) in [4.78, 5) is 34.7. The first kappa shape index (κ1) is 19.4. The van der Waals surface area contributed by atoms with Crippen LogP contribution in [0.1, 0.15) is 25.3 Å². The van der Waals surface area contributed by atoms with E-state index in [1.807, 2.05) is 25.1 Å². The van der Waals surface area contributed by atoms with Crippen LogP contribution in [0.4, 0.5) is 4.79 Å². The van der Waals surface area contributed by atoms with Gasteiger partial charge in [-0.2, -0.15) is 0 Å². The molecule has 24 heavy (non-hydrogen) atoms. The minimum Gasteiger partial charge on any atom is -0.480 e. The molecule has 2 atom stereocenters. The van der Waals surface area contributed by atoms with Gasteiger partial charge in [-0.15, -0.1) is 0 Å². The number of aliphatic hydroxyl groups is 1. The van der Waals surface area contributed by atoms with Gasteiger partial charge >= 0.3 is 12.1 Å². The number of carboxylic acid groups (broad SMARTS) is 1. The Labute approximate surface area is 139 Å². The molecule has 1 aromatic carbocycles. The molecule has 0 saturated heterocycles. The van der Waals surface area contributed by atoms with Gasteiger partial charge in [0, 0.05) is 0 Å². The highest BCUT2D eigenvalue weighted by Crippen LogP contribution is 2.03. The lowest BCUT2D eigenvalue weighted by molar-refractivity contribution is -0.143. The molecule has 0 spiro atoms. The van der Waals surface area contributed by atoms with Crippen LogP contribution in [-0.4, -0.2) is 46.9 Å². The van der Waals surface area contributed by atoms with E-state index in [0.29, 0.717) is 12.8 Å². The van der Waals surface area contributed by atoms with E-state index in [1.54, 1.807) is 12.1 Å². The van der Waals surface area contributed by atoms with Crippen LogP contribution in [0.5, 0.6) is 0 Å². The van der Waals surface area contributed by atoms with Crippen LogP contribution in [0, 0.1) is 0 Å². The largest absolute Gasteiger partial charge is 0.480 e. The van der Waals surface area contributed by atoms with Gasteiger partial charge in [-0.3, -0.25) is 4.79 Å². The van der Waals surface area contributed by atoms with Gasteiger partial charge in [0.05, 0.1) is 6.61 Å². The summed E-state index contributed by atoms with van der Waals surface area (Å²) >= 11 is 0. The summed E-state index contributed by atoms with van der Waals surface area (Å²) in [5.74, 6) is -2.04. The molecule has 4 N–H and O–H groups in total. The lowest BCUT2D eigenvalue weighted by atomic mass is 10.1. The number of carbonyl (C=O) groups is 3. The maximum atomic E-state index is 12.1. The van der Waals surface area contributed by atoms with E-state index in [1.165, 1.54) is 0 Å². The van der Waals surface area contributed by atoms with Crippen molar-refractivity contribution in [3.05, 3.63) is 35.9 Å². The summed E-state index contributed by atoms with van der Waals surface area (Å²) in [5, 5.41) is 22.4. The first-order chi connectivity index (χ1) is 11.5. The van der Waals surface area contributed by atoms with Crippen LogP contribution in [-0.2, 0) is 20.9 Å². The molecule has 0 aliphatic rings. The second-order valence-electron chi connectivity index (χ2n) is 5.13. The number of carbonyl (C=O) groups excluding carboxylic acids is 2. The highest BCUT2D eigenvalue weighted by molar-refractivity contribution is 5.89. The van der Waals surface area contributed by atoms with Gasteiger partial charge in [0.25, 0.3) is 0 Å². The van der Waals surface area contributed by atoms with Crippen molar-refractivity contribution in [1.29, 1.82) is 0 Å². The molecule has 0 aliphatic carbocycles. The molecule has 132 valence electrons. The van der Waals surface area contributed by atoms with E-state index >= 15 is 0 Å². The lowest BCUT2D eigenvalue weighted by Gasteiger charge is -2.20. The fourth-order valence-corrected chi connectivity index (χ4v) is 1.92. The van der Waals surface area contributed by atoms with Gasteiger partial charge in [-0.05, 0) is 12.0 Å². The van der Waals surface area contributed by atoms with E-state index in [2.05, 4.69) is 10.6 Å². The molecule has 0 saturated carbocycles. The molecule has 0 unspecified atom stereocenters. The Balaban J connectivity index is 2.55. The van der Waals surface area contributed by atoms with Gasteiger partial charge in [0.2, 0.25) is 5.91 Å². The fraction of sp³-hybridized carbons (Fsp3) is 0.438. The van der Waals surface area contributed by atoms with Crippen molar-refractivity contribution in [2.75, 3.05) is 6.61 Å². The molecular formula is C16H22N2O6. The number of hydrogen-bond donors (Lipinski definition) is 4. The number of aliphatic hydroxyl groups excluding tert-OH is 1. The third-order valence-corrected chi connectivity index (χ3v) is 3.20. The van der Waals surface area contributed by atoms with Crippen molar-refractivity contribution < 1.29 is 29.3 Å². The Bertz CT molecular complexity index is 549. The number of amides is 2. The normalized spacial score (nSPS) is 12.8. The number of nitrogens with one attached hydrogen (secondary N) is 2. The van der Waals surface area contributed by atoms with Crippen molar-refractivity contribution in [2.45, 2.75) is 38.5 Å². The number of ether oxygens (including phenoxy) is 1. The summed E-state index contributed by atoms with van der Waals surface area (Å²) in [6.07, 6.45) is 0.126. The Hall–Kier alpha value is -2.61. The zero-order valence-electron chi connectivity index (χ0n) is 13.4. The molecule has 1 aromatic rings. The van der Waals surface area contributed by atoms with Crippen LogP contribution in [0.15, 0.2) is 30.3 Å². The van der Waals surface area contributed by atoms with E-state index < -0.39 is 36.7 Å². The summed E-state index contributed by atoms with van der Waals surface area (Å²) in [6, 6.07) is 6.69. The zero-order chi connectivity index (χ0) is 17.9. The minimum absolute atomic E-state index is 0.0571. The number of benzene rings is 1. The van der Waals surface area contributed by atoms with Gasteiger partial charge < -0.3 is 25.6 Å². The van der Waals surface area contributed by atoms with Gasteiger partial charge in [0.15, 0.2) is 0 Å². The van der Waals surface area contributed by atoms with Crippen LogP contribution in [0.2, 0.25) is 0 Å². The second-order valence-corrected chi connectivity index (χ2v) is 5.13. The number of carboxylic acids is 1. The minimum atomic E-state index is -1.42. The molecule has 2 amide bonds. The number of hydrogen-bond acceptors (Lipinski definition) is 5. The maximum absolute atomic E-state index is 12.1. The molecule has 8 nitrogen and oxygen atoms in total. The van der Waals surface area contributed by atoms with Gasteiger partial charge in [-0.1, -0.05) is 43.7 Å². The summed E-state index contributed by atoms with van der Waals surface area (Å²) in [6.45, 7) is 1.14. The van der Waals surface area contributed by atoms with Crippen LogP contribution in [0.3, 0.4) is 0 Å². The van der Waals surface area contributed by atoms with Crippen molar-refractivity contribution in [2.24, 2.45) is 0 Å². The molecule has 0 fully saturated rings. The highest BCUT2D eigenvalue weighted by Gasteiger charge is 2.25. The van der Waals surface area contributed by atoms with Crippen molar-refractivity contribution in [1.82, 2.24) is 10.6 Å². The monoisotopic (exact) mass is 338 g/mol. The summed E-state index contributed by atoms with van der Waals surface area (Å²) in [7, 11) is 0. The smallest absolute Gasteiger partial charge is 0.408 e. The Morgan fingerprint density at radius 2 is 1.79 bits per heavy atom. The van der Waals surface area contributed by atoms with Gasteiger partial charge in [0.1, 0.15) is 18.7 Å². The first-order valence-corrected chi connectivity index (χ1v) is 7.59. The van der Waals surface area contributed by atoms with Gasteiger partial charge in [-0.25, -0.2) is 9.59 Å². The van der Waals surface area contributed by atoms with Crippen LogP contribution >= 0.6 is 0 Å². The molecule has 1 rings (SSSR count). The van der Waals surface area contributed by atoms with E-state index in [9.17, 15) is 14.4 Å². The molecule has 8 heteroatoms. The topological polar surface area (TPSA) is 125 Å².